The van der Waals surface area contributed by atoms with Gasteiger partial charge in [-0.2, -0.15) is 0 Å². The molecule has 1 unspecified atom stereocenters. The molecule has 3 aromatic rings. The highest BCUT2D eigenvalue weighted by molar-refractivity contribution is 5.94. The summed E-state index contributed by atoms with van der Waals surface area (Å²) in [5.41, 5.74) is 4.41. The second kappa shape index (κ2) is 6.32. The van der Waals surface area contributed by atoms with E-state index in [0.717, 1.165) is 50.3 Å². The van der Waals surface area contributed by atoms with E-state index in [1.54, 1.807) is 0 Å². The molecule has 1 aromatic carbocycles. The van der Waals surface area contributed by atoms with Crippen molar-refractivity contribution in [3.8, 4) is 0 Å². The Balaban J connectivity index is 1.38. The molecule has 4 heterocycles. The van der Waals surface area contributed by atoms with E-state index in [0.29, 0.717) is 12.5 Å². The van der Waals surface area contributed by atoms with E-state index in [1.807, 2.05) is 17.2 Å². The minimum Gasteiger partial charge on any atom is -0.373 e. The second-order valence-corrected chi connectivity index (χ2v) is 7.35. The average molecular weight is 349 g/mol. The van der Waals surface area contributed by atoms with Crippen LogP contribution in [-0.4, -0.2) is 40.1 Å². The number of aromatic amines is 1. The monoisotopic (exact) mass is 349 g/mol. The summed E-state index contributed by atoms with van der Waals surface area (Å²) in [5.74, 6) is 0.542. The number of fused-ring (bicyclic) bond motifs is 2. The predicted octanol–water partition coefficient (Wildman–Crippen LogP) is 3.52. The summed E-state index contributed by atoms with van der Waals surface area (Å²) in [6.45, 7) is 3.79. The van der Waals surface area contributed by atoms with Crippen LogP contribution in [0.15, 0.2) is 42.7 Å². The van der Waals surface area contributed by atoms with Gasteiger partial charge in [0.1, 0.15) is 0 Å². The number of nitrogens with one attached hydrogen (secondary N) is 1. The molecule has 26 heavy (non-hydrogen) atoms. The van der Waals surface area contributed by atoms with Crippen LogP contribution in [0.2, 0.25) is 0 Å². The summed E-state index contributed by atoms with van der Waals surface area (Å²) >= 11 is 0. The molecule has 0 saturated carbocycles. The molecule has 0 aliphatic carbocycles. The van der Waals surface area contributed by atoms with E-state index >= 15 is 0 Å². The first-order chi connectivity index (χ1) is 12.8. The lowest BCUT2D eigenvalue weighted by atomic mass is 9.90. The quantitative estimate of drug-likeness (QED) is 0.770. The number of para-hydroxylation sites is 1. The lowest BCUT2D eigenvalue weighted by Gasteiger charge is -2.32. The Bertz CT molecular complexity index is 932. The third kappa shape index (κ3) is 2.63. The Morgan fingerprint density at radius 3 is 3.08 bits per heavy atom. The maximum Gasteiger partial charge on any atom is 0.255 e. The van der Waals surface area contributed by atoms with Crippen LogP contribution in [0.25, 0.3) is 10.9 Å². The van der Waals surface area contributed by atoms with Crippen LogP contribution >= 0.6 is 0 Å². The normalized spacial score (nSPS) is 20.3. The molecular formula is C21H23N3O2. The molecular weight excluding hydrogens is 326 g/mol. The number of carbonyl (C=O) groups excluding carboxylic acids is 1. The maximum absolute atomic E-state index is 13.1. The number of aromatic nitrogens is 2. The van der Waals surface area contributed by atoms with Crippen molar-refractivity contribution in [2.45, 2.75) is 31.9 Å². The number of ether oxygens (including phenoxy) is 1. The van der Waals surface area contributed by atoms with Crippen LogP contribution in [0.3, 0.4) is 0 Å². The molecule has 2 aliphatic rings. The fourth-order valence-electron chi connectivity index (χ4n) is 4.37. The van der Waals surface area contributed by atoms with E-state index < -0.39 is 0 Å². The van der Waals surface area contributed by atoms with E-state index in [4.69, 9.17) is 4.74 Å². The summed E-state index contributed by atoms with van der Waals surface area (Å²) in [7, 11) is 0. The van der Waals surface area contributed by atoms with Gasteiger partial charge in [-0.05, 0) is 30.5 Å². The van der Waals surface area contributed by atoms with Gasteiger partial charge in [-0.3, -0.25) is 4.79 Å². The number of H-pyrrole nitrogens is 1. The van der Waals surface area contributed by atoms with Gasteiger partial charge in [0.15, 0.2) is 0 Å². The predicted molar refractivity (Wildman–Crippen MR) is 100 cm³/mol. The smallest absolute Gasteiger partial charge is 0.255 e. The summed E-state index contributed by atoms with van der Waals surface area (Å²) in [6.07, 6.45) is 6.30. The minimum atomic E-state index is 0.149. The van der Waals surface area contributed by atoms with Crippen LogP contribution in [0.5, 0.6) is 0 Å². The van der Waals surface area contributed by atoms with Crippen LogP contribution in [0, 0.1) is 0 Å². The number of carbonyl (C=O) groups is 1. The lowest BCUT2D eigenvalue weighted by molar-refractivity contribution is 0.0707. The van der Waals surface area contributed by atoms with Gasteiger partial charge in [0.25, 0.3) is 5.91 Å². The fraction of sp³-hybridized carbons (Fsp3) is 0.381. The van der Waals surface area contributed by atoms with Crippen LogP contribution < -0.4 is 0 Å². The van der Waals surface area contributed by atoms with Crippen LogP contribution in [0.1, 0.15) is 40.4 Å². The molecule has 0 radical (unpaired) electrons. The van der Waals surface area contributed by atoms with E-state index in [2.05, 4.69) is 40.0 Å². The highest BCUT2D eigenvalue weighted by Gasteiger charge is 2.28. The summed E-state index contributed by atoms with van der Waals surface area (Å²) in [5, 5.41) is 1.28. The maximum atomic E-state index is 13.1. The number of benzene rings is 1. The van der Waals surface area contributed by atoms with Gasteiger partial charge in [-0.1, -0.05) is 18.2 Å². The Kier molecular flexibility index (Phi) is 3.82. The van der Waals surface area contributed by atoms with Gasteiger partial charge in [0.2, 0.25) is 0 Å². The molecule has 2 aromatic heterocycles. The Morgan fingerprint density at radius 1 is 1.23 bits per heavy atom. The van der Waals surface area contributed by atoms with Crippen molar-refractivity contribution in [1.29, 1.82) is 0 Å². The van der Waals surface area contributed by atoms with Crippen molar-refractivity contribution < 1.29 is 9.53 Å². The largest absolute Gasteiger partial charge is 0.373 e. The third-order valence-corrected chi connectivity index (χ3v) is 5.73. The highest BCUT2D eigenvalue weighted by Crippen LogP contribution is 2.32. The zero-order chi connectivity index (χ0) is 17.5. The zero-order valence-corrected chi connectivity index (χ0v) is 14.8. The number of nitrogens with zero attached hydrogens (tertiary/aromatic N) is 2. The SMILES string of the molecule is O=C(c1cc2n(c1)CCOC2)N1CCCC(c2c[nH]c3ccccc23)C1. The van der Waals surface area contributed by atoms with Crippen molar-refractivity contribution in [3.63, 3.8) is 0 Å². The van der Waals surface area contributed by atoms with E-state index in [9.17, 15) is 4.79 Å². The molecule has 2 aliphatic heterocycles. The first-order valence-corrected chi connectivity index (χ1v) is 9.42. The molecule has 134 valence electrons. The van der Waals surface area contributed by atoms with Gasteiger partial charge >= 0.3 is 0 Å². The molecule has 5 rings (SSSR count). The number of rotatable bonds is 2. The number of hydrogen-bond donors (Lipinski definition) is 1. The van der Waals surface area contributed by atoms with Crippen LogP contribution in [-0.2, 0) is 17.9 Å². The molecule has 5 heteroatoms. The van der Waals surface area contributed by atoms with Crippen LogP contribution in [0.4, 0.5) is 0 Å². The minimum absolute atomic E-state index is 0.149. The number of piperidine rings is 1. The third-order valence-electron chi connectivity index (χ3n) is 5.73. The molecule has 0 spiro atoms. The van der Waals surface area contributed by atoms with E-state index in [1.165, 1.54) is 16.5 Å². The van der Waals surface area contributed by atoms with Gasteiger partial charge in [0, 0.05) is 54.5 Å². The summed E-state index contributed by atoms with van der Waals surface area (Å²) in [4.78, 5) is 18.5. The molecule has 0 bridgehead atoms. The summed E-state index contributed by atoms with van der Waals surface area (Å²) in [6, 6.07) is 10.4. The van der Waals surface area contributed by atoms with Gasteiger partial charge in [-0.15, -0.1) is 0 Å². The summed E-state index contributed by atoms with van der Waals surface area (Å²) < 4.78 is 7.64. The van der Waals surface area contributed by atoms with E-state index in [-0.39, 0.29) is 5.91 Å². The van der Waals surface area contributed by atoms with Crippen molar-refractivity contribution in [2.75, 3.05) is 19.7 Å². The van der Waals surface area contributed by atoms with Gasteiger partial charge < -0.3 is 19.2 Å². The topological polar surface area (TPSA) is 50.3 Å². The van der Waals surface area contributed by atoms with Crippen molar-refractivity contribution in [2.24, 2.45) is 0 Å². The Hall–Kier alpha value is -2.53. The second-order valence-electron chi connectivity index (χ2n) is 7.35. The van der Waals surface area contributed by atoms with Gasteiger partial charge in [0.05, 0.1) is 18.8 Å². The molecule has 1 fully saturated rings. The Morgan fingerprint density at radius 2 is 2.15 bits per heavy atom. The number of amides is 1. The Labute approximate surface area is 152 Å². The first kappa shape index (κ1) is 15.7. The first-order valence-electron chi connectivity index (χ1n) is 9.42. The van der Waals surface area contributed by atoms with Crippen molar-refractivity contribution >= 4 is 16.8 Å². The van der Waals surface area contributed by atoms with Gasteiger partial charge in [-0.25, -0.2) is 0 Å². The molecule has 1 amide bonds. The molecule has 1 saturated heterocycles. The average Bonchev–Trinajstić information content (AvgIpc) is 3.31. The fourth-order valence-corrected chi connectivity index (χ4v) is 4.37. The number of likely N-dealkylation sites (tertiary alicyclic amines) is 1. The number of hydrogen-bond acceptors (Lipinski definition) is 2. The zero-order valence-electron chi connectivity index (χ0n) is 14.8. The van der Waals surface area contributed by atoms with Crippen molar-refractivity contribution in [1.82, 2.24) is 14.5 Å². The lowest BCUT2D eigenvalue weighted by Crippen LogP contribution is -2.39. The molecule has 5 nitrogen and oxygen atoms in total. The molecule has 1 N–H and O–H groups in total. The molecule has 1 atom stereocenters. The highest BCUT2D eigenvalue weighted by atomic mass is 16.5. The standard InChI is InChI=1S/C21H23N3O2/c25-21(16-10-17-14-26-9-8-23(17)13-16)24-7-3-4-15(12-24)19-11-22-20-6-2-1-5-18(19)20/h1-2,5-6,10-11,13,15,22H,3-4,7-9,12,14H2. The van der Waals surface area contributed by atoms with Crippen molar-refractivity contribution in [3.05, 3.63) is 59.5 Å².